The maximum Gasteiger partial charge on any atom is 0.232 e. The molecule has 1 heterocycles. The minimum atomic E-state index is -0.666. The predicted octanol–water partition coefficient (Wildman–Crippen LogP) is 2.55. The molecule has 0 aliphatic rings. The summed E-state index contributed by atoms with van der Waals surface area (Å²) in [6, 6.07) is 11.8. The van der Waals surface area contributed by atoms with Crippen LogP contribution in [0.15, 0.2) is 42.5 Å². The van der Waals surface area contributed by atoms with Crippen molar-refractivity contribution in [1.29, 1.82) is 0 Å². The number of anilines is 1. The summed E-state index contributed by atoms with van der Waals surface area (Å²) in [5.41, 5.74) is 3.61. The number of aryl methyl sites for hydroxylation is 2. The lowest BCUT2D eigenvalue weighted by Gasteiger charge is -2.18. The standard InChI is InChI=1S/C18H18FN5O/c1-11-3-8-16(12(2)9-11)20-18(25)15(17-21-23-24-22-17)10-13-4-6-14(19)7-5-13/h3-9,15H,10H2,1-2H3,(H2,20,21,22,23,24,25)/p-1/t15-/m1/s1. The Morgan fingerprint density at radius 2 is 1.96 bits per heavy atom. The van der Waals surface area contributed by atoms with E-state index in [0.717, 1.165) is 22.4 Å². The minimum absolute atomic E-state index is 0.242. The van der Waals surface area contributed by atoms with Crippen molar-refractivity contribution in [2.45, 2.75) is 26.2 Å². The third-order valence-corrected chi connectivity index (χ3v) is 3.96. The van der Waals surface area contributed by atoms with Gasteiger partial charge in [-0.1, -0.05) is 29.8 Å². The Hall–Kier alpha value is -3.09. The molecular formula is C18H17FN5O-. The summed E-state index contributed by atoms with van der Waals surface area (Å²) >= 11 is 0. The molecule has 3 aromatic rings. The van der Waals surface area contributed by atoms with Crippen LogP contribution in [0.4, 0.5) is 10.1 Å². The van der Waals surface area contributed by atoms with E-state index in [1.54, 1.807) is 12.1 Å². The number of aromatic nitrogens is 4. The molecule has 7 heteroatoms. The third kappa shape index (κ3) is 4.06. The lowest BCUT2D eigenvalue weighted by atomic mass is 9.97. The van der Waals surface area contributed by atoms with E-state index in [4.69, 9.17) is 0 Å². The van der Waals surface area contributed by atoms with E-state index < -0.39 is 5.92 Å². The Morgan fingerprint density at radius 3 is 2.60 bits per heavy atom. The molecule has 3 rings (SSSR count). The van der Waals surface area contributed by atoms with Crippen LogP contribution in [0.5, 0.6) is 0 Å². The van der Waals surface area contributed by atoms with Crippen molar-refractivity contribution in [3.8, 4) is 0 Å². The Kier molecular flexibility index (Phi) is 4.83. The maximum atomic E-state index is 13.1. The van der Waals surface area contributed by atoms with E-state index in [2.05, 4.69) is 25.9 Å². The molecule has 0 saturated heterocycles. The number of amides is 1. The maximum absolute atomic E-state index is 13.1. The summed E-state index contributed by atoms with van der Waals surface area (Å²) in [6.45, 7) is 3.92. The zero-order valence-corrected chi connectivity index (χ0v) is 13.9. The average Bonchev–Trinajstić information content (AvgIpc) is 3.11. The van der Waals surface area contributed by atoms with Crippen molar-refractivity contribution in [2.75, 3.05) is 5.32 Å². The van der Waals surface area contributed by atoms with Crippen LogP contribution in [0.3, 0.4) is 0 Å². The Morgan fingerprint density at radius 1 is 1.20 bits per heavy atom. The van der Waals surface area contributed by atoms with E-state index in [-0.39, 0.29) is 17.5 Å². The molecule has 0 unspecified atom stereocenters. The van der Waals surface area contributed by atoms with Crippen LogP contribution >= 0.6 is 0 Å². The number of nitrogens with zero attached hydrogens (tertiary/aromatic N) is 4. The van der Waals surface area contributed by atoms with Gasteiger partial charge in [-0.15, -0.1) is 0 Å². The summed E-state index contributed by atoms with van der Waals surface area (Å²) in [7, 11) is 0. The van der Waals surface area contributed by atoms with Gasteiger partial charge in [0.2, 0.25) is 5.91 Å². The van der Waals surface area contributed by atoms with Gasteiger partial charge in [-0.3, -0.25) is 15.1 Å². The quantitative estimate of drug-likeness (QED) is 0.773. The Bertz CT molecular complexity index is 862. The van der Waals surface area contributed by atoms with E-state index in [0.29, 0.717) is 6.42 Å². The minimum Gasteiger partial charge on any atom is -0.335 e. The normalized spacial score (nSPS) is 12.0. The van der Waals surface area contributed by atoms with Crippen molar-refractivity contribution < 1.29 is 9.18 Å². The molecule has 2 aromatic carbocycles. The molecule has 128 valence electrons. The second-order valence-corrected chi connectivity index (χ2v) is 5.93. The van der Waals surface area contributed by atoms with Gasteiger partial charge >= 0.3 is 0 Å². The number of benzene rings is 2. The number of halogens is 1. The number of hydrogen-bond donors (Lipinski definition) is 1. The first-order valence-corrected chi connectivity index (χ1v) is 7.84. The first-order chi connectivity index (χ1) is 12.0. The monoisotopic (exact) mass is 338 g/mol. The highest BCUT2D eigenvalue weighted by molar-refractivity contribution is 5.96. The number of hydrogen-bond acceptors (Lipinski definition) is 4. The zero-order valence-electron chi connectivity index (χ0n) is 13.9. The summed E-state index contributed by atoms with van der Waals surface area (Å²) in [4.78, 5) is 12.8. The Balaban J connectivity index is 1.83. The summed E-state index contributed by atoms with van der Waals surface area (Å²) < 4.78 is 13.1. The van der Waals surface area contributed by atoms with Crippen LogP contribution in [0, 0.1) is 19.7 Å². The highest BCUT2D eigenvalue weighted by Gasteiger charge is 2.21. The van der Waals surface area contributed by atoms with Gasteiger partial charge in [0.15, 0.2) is 0 Å². The molecule has 0 aliphatic carbocycles. The summed E-state index contributed by atoms with van der Waals surface area (Å²) in [5, 5.41) is 17.5. The van der Waals surface area contributed by atoms with Gasteiger partial charge in [-0.2, -0.15) is 5.21 Å². The van der Waals surface area contributed by atoms with E-state index >= 15 is 0 Å². The largest absolute Gasteiger partial charge is 0.335 e. The van der Waals surface area contributed by atoms with Crippen molar-refractivity contribution in [3.05, 3.63) is 70.8 Å². The highest BCUT2D eigenvalue weighted by Crippen LogP contribution is 2.22. The number of carbonyl (C=O) groups is 1. The number of rotatable bonds is 5. The van der Waals surface area contributed by atoms with Gasteiger partial charge in [0.25, 0.3) is 0 Å². The van der Waals surface area contributed by atoms with Crippen molar-refractivity contribution >= 4 is 11.6 Å². The van der Waals surface area contributed by atoms with E-state index in [9.17, 15) is 9.18 Å². The summed E-state index contributed by atoms with van der Waals surface area (Å²) in [5.74, 6) is -1.01. The fourth-order valence-electron chi connectivity index (χ4n) is 2.62. The SMILES string of the molecule is Cc1ccc(NC(=O)[C@H](Cc2ccc(F)cc2)c2nnn[n-]2)c(C)c1. The van der Waals surface area contributed by atoms with Crippen molar-refractivity contribution in [3.63, 3.8) is 0 Å². The molecule has 0 saturated carbocycles. The van der Waals surface area contributed by atoms with E-state index in [1.165, 1.54) is 12.1 Å². The topological polar surface area (TPSA) is 81.9 Å². The predicted molar refractivity (Wildman–Crippen MR) is 90.5 cm³/mol. The zero-order chi connectivity index (χ0) is 17.8. The molecule has 0 bridgehead atoms. The molecule has 1 atom stereocenters. The molecule has 0 radical (unpaired) electrons. The molecular weight excluding hydrogens is 321 g/mol. The molecule has 25 heavy (non-hydrogen) atoms. The lowest BCUT2D eigenvalue weighted by molar-refractivity contribution is -0.117. The van der Waals surface area contributed by atoms with Gasteiger partial charge in [-0.05, 0) is 49.6 Å². The van der Waals surface area contributed by atoms with Crippen LogP contribution in [-0.2, 0) is 11.2 Å². The van der Waals surface area contributed by atoms with Gasteiger partial charge in [0.05, 0.1) is 5.92 Å². The summed E-state index contributed by atoms with van der Waals surface area (Å²) in [6.07, 6.45) is 0.324. The first kappa shape index (κ1) is 16.8. The van der Waals surface area contributed by atoms with Gasteiger partial charge in [0, 0.05) is 11.5 Å². The van der Waals surface area contributed by atoms with Crippen LogP contribution in [0.2, 0.25) is 0 Å². The highest BCUT2D eigenvalue weighted by atomic mass is 19.1. The smallest absolute Gasteiger partial charge is 0.232 e. The van der Waals surface area contributed by atoms with Crippen molar-refractivity contribution in [1.82, 2.24) is 20.6 Å². The van der Waals surface area contributed by atoms with Crippen LogP contribution in [0.1, 0.15) is 28.4 Å². The molecule has 6 nitrogen and oxygen atoms in total. The fraction of sp³-hybridized carbons (Fsp3) is 0.222. The lowest BCUT2D eigenvalue weighted by Crippen LogP contribution is -2.25. The molecule has 0 fully saturated rings. The van der Waals surface area contributed by atoms with Crippen LogP contribution < -0.4 is 10.4 Å². The fourth-order valence-corrected chi connectivity index (χ4v) is 2.62. The molecule has 1 aromatic heterocycles. The molecule has 0 spiro atoms. The number of carbonyl (C=O) groups excluding carboxylic acids is 1. The first-order valence-electron chi connectivity index (χ1n) is 7.84. The van der Waals surface area contributed by atoms with Gasteiger partial charge < -0.3 is 10.4 Å². The van der Waals surface area contributed by atoms with Crippen LogP contribution in [-0.4, -0.2) is 21.4 Å². The Labute approximate surface area is 144 Å². The second-order valence-electron chi connectivity index (χ2n) is 5.93. The van der Waals surface area contributed by atoms with Gasteiger partial charge in [-0.25, -0.2) is 4.39 Å². The number of nitrogens with one attached hydrogen (secondary N) is 1. The van der Waals surface area contributed by atoms with Gasteiger partial charge in [0.1, 0.15) is 5.82 Å². The molecule has 1 amide bonds. The van der Waals surface area contributed by atoms with E-state index in [1.807, 2.05) is 32.0 Å². The van der Waals surface area contributed by atoms with Crippen LogP contribution in [0.25, 0.3) is 0 Å². The molecule has 1 N–H and O–H groups in total. The average molecular weight is 338 g/mol. The second kappa shape index (κ2) is 7.21. The number of tetrazole rings is 1. The molecule has 0 aliphatic heterocycles. The third-order valence-electron chi connectivity index (χ3n) is 3.96. The van der Waals surface area contributed by atoms with Crippen molar-refractivity contribution in [2.24, 2.45) is 0 Å².